The number of aliphatic hydroxyl groups is 1. The Morgan fingerprint density at radius 3 is 2.60 bits per heavy atom. The highest BCUT2D eigenvalue weighted by molar-refractivity contribution is 7.10. The Bertz CT molecular complexity index is 561. The molecule has 2 rings (SSSR count). The Hall–Kier alpha value is -1.91. The molecule has 1 aromatic carbocycles. The van der Waals surface area contributed by atoms with Crippen LogP contribution in [0, 0.1) is 0 Å². The number of esters is 1. The zero-order chi connectivity index (χ0) is 14.4. The summed E-state index contributed by atoms with van der Waals surface area (Å²) in [6.45, 7) is 1.35. The van der Waals surface area contributed by atoms with Gasteiger partial charge in [0.05, 0.1) is 12.4 Å². The fourth-order valence-electron chi connectivity index (χ4n) is 1.91. The van der Waals surface area contributed by atoms with Gasteiger partial charge in [-0.3, -0.25) is 4.79 Å². The molecule has 0 aliphatic rings. The molecule has 2 atom stereocenters. The minimum Gasteiger partial charge on any atom is -0.435 e. The van der Waals surface area contributed by atoms with Crippen LogP contribution in [0.2, 0.25) is 0 Å². The summed E-state index contributed by atoms with van der Waals surface area (Å²) in [5.41, 5.74) is 0.832. The predicted molar refractivity (Wildman–Crippen MR) is 79.4 cm³/mol. The lowest BCUT2D eigenvalue weighted by Gasteiger charge is -2.19. The number of carbonyl (C=O) groups is 1. The van der Waals surface area contributed by atoms with Crippen LogP contribution in [0.4, 0.5) is 0 Å². The van der Waals surface area contributed by atoms with Crippen molar-refractivity contribution in [3.05, 3.63) is 70.6 Å². The third kappa shape index (κ3) is 3.79. The van der Waals surface area contributed by atoms with E-state index in [1.165, 1.54) is 13.2 Å². The summed E-state index contributed by atoms with van der Waals surface area (Å²) < 4.78 is 4.83. The van der Waals surface area contributed by atoms with Crippen LogP contribution in [0.3, 0.4) is 0 Å². The first-order valence-electron chi connectivity index (χ1n) is 6.29. The number of ether oxygens (including phenoxy) is 1. The van der Waals surface area contributed by atoms with Crippen LogP contribution >= 0.6 is 11.3 Å². The second-order valence-corrected chi connectivity index (χ2v) is 5.31. The van der Waals surface area contributed by atoms with E-state index in [1.807, 2.05) is 47.8 Å². The number of benzene rings is 1. The Balaban J connectivity index is 2.23. The molecule has 0 radical (unpaired) electrons. The van der Waals surface area contributed by atoms with Gasteiger partial charge in [-0.05, 0) is 23.1 Å². The van der Waals surface area contributed by atoms with Gasteiger partial charge in [0, 0.05) is 17.7 Å². The first kappa shape index (κ1) is 14.5. The lowest BCUT2D eigenvalue weighted by atomic mass is 9.94. The van der Waals surface area contributed by atoms with Crippen molar-refractivity contribution in [2.75, 3.05) is 0 Å². The van der Waals surface area contributed by atoms with Crippen molar-refractivity contribution in [2.45, 2.75) is 18.9 Å². The number of thiophene rings is 1. The molecule has 2 aromatic rings. The van der Waals surface area contributed by atoms with Gasteiger partial charge >= 0.3 is 5.97 Å². The molecular weight excluding hydrogens is 272 g/mol. The molecule has 1 aromatic heterocycles. The molecule has 3 nitrogen and oxygen atoms in total. The highest BCUT2D eigenvalue weighted by atomic mass is 32.1. The molecular formula is C16H16O3S. The first-order chi connectivity index (χ1) is 9.68. The van der Waals surface area contributed by atoms with Crippen LogP contribution in [0.15, 0.2) is 60.2 Å². The molecule has 4 heteroatoms. The summed E-state index contributed by atoms with van der Waals surface area (Å²) in [5, 5.41) is 12.5. The molecule has 0 amide bonds. The molecule has 104 valence electrons. The summed E-state index contributed by atoms with van der Waals surface area (Å²) >= 11 is 1.56. The van der Waals surface area contributed by atoms with Crippen molar-refractivity contribution in [3.63, 3.8) is 0 Å². The Kier molecular flexibility index (Phi) is 5.09. The van der Waals surface area contributed by atoms with Gasteiger partial charge in [0.15, 0.2) is 0 Å². The van der Waals surface area contributed by atoms with Crippen molar-refractivity contribution in [2.24, 2.45) is 0 Å². The van der Waals surface area contributed by atoms with Gasteiger partial charge in [-0.15, -0.1) is 11.3 Å². The highest BCUT2D eigenvalue weighted by Crippen LogP contribution is 2.34. The van der Waals surface area contributed by atoms with E-state index in [1.54, 1.807) is 17.4 Å². The largest absolute Gasteiger partial charge is 0.435 e. The zero-order valence-electron chi connectivity index (χ0n) is 11.1. The van der Waals surface area contributed by atoms with E-state index in [4.69, 9.17) is 4.74 Å². The maximum Gasteiger partial charge on any atom is 0.307 e. The molecule has 1 heterocycles. The van der Waals surface area contributed by atoms with Gasteiger partial charge in [-0.25, -0.2) is 0 Å². The van der Waals surface area contributed by atoms with Crippen LogP contribution in [-0.4, -0.2) is 11.1 Å². The normalized spacial score (nSPS) is 14.1. The number of carbonyl (C=O) groups excluding carboxylic acids is 1. The summed E-state index contributed by atoms with van der Waals surface area (Å²) in [4.78, 5) is 11.8. The van der Waals surface area contributed by atoms with Gasteiger partial charge < -0.3 is 9.84 Å². The van der Waals surface area contributed by atoms with E-state index < -0.39 is 6.10 Å². The molecule has 0 bridgehead atoms. The van der Waals surface area contributed by atoms with Gasteiger partial charge in [0.1, 0.15) is 0 Å². The van der Waals surface area contributed by atoms with E-state index >= 15 is 0 Å². The summed E-state index contributed by atoms with van der Waals surface area (Å²) in [5.74, 6) is -0.614. The summed E-state index contributed by atoms with van der Waals surface area (Å²) in [6.07, 6.45) is 2.38. The Morgan fingerprint density at radius 1 is 1.25 bits per heavy atom. The van der Waals surface area contributed by atoms with E-state index in [-0.39, 0.29) is 11.9 Å². The average molecular weight is 288 g/mol. The summed E-state index contributed by atoms with van der Waals surface area (Å²) in [6, 6.07) is 13.3. The molecule has 0 fully saturated rings. The van der Waals surface area contributed by atoms with Crippen LogP contribution in [-0.2, 0) is 9.53 Å². The van der Waals surface area contributed by atoms with Crippen molar-refractivity contribution in [1.29, 1.82) is 0 Å². The monoisotopic (exact) mass is 288 g/mol. The van der Waals surface area contributed by atoms with E-state index in [9.17, 15) is 9.90 Å². The maximum absolute atomic E-state index is 10.8. The standard InChI is InChI=1S/C16H16O3S/c1-12(17)19-10-9-14(15-8-5-11-20-15)16(18)13-6-3-2-4-7-13/h2-11,14,16,18H,1H3/b10-9-/t14-,16-/m0/s1. The first-order valence-corrected chi connectivity index (χ1v) is 7.17. The molecule has 0 unspecified atom stereocenters. The van der Waals surface area contributed by atoms with Crippen molar-refractivity contribution < 1.29 is 14.6 Å². The van der Waals surface area contributed by atoms with Crippen LogP contribution < -0.4 is 0 Å². The maximum atomic E-state index is 10.8. The van der Waals surface area contributed by atoms with Gasteiger partial charge in [-0.1, -0.05) is 36.4 Å². The number of aliphatic hydroxyl groups excluding tert-OH is 1. The smallest absolute Gasteiger partial charge is 0.307 e. The Morgan fingerprint density at radius 2 is 2.00 bits per heavy atom. The second-order valence-electron chi connectivity index (χ2n) is 4.33. The molecule has 0 aliphatic carbocycles. The lowest BCUT2D eigenvalue weighted by Crippen LogP contribution is -2.08. The molecule has 1 N–H and O–H groups in total. The van der Waals surface area contributed by atoms with E-state index in [0.29, 0.717) is 0 Å². The van der Waals surface area contributed by atoms with Crippen molar-refractivity contribution in [3.8, 4) is 0 Å². The van der Waals surface area contributed by atoms with Crippen molar-refractivity contribution in [1.82, 2.24) is 0 Å². The van der Waals surface area contributed by atoms with E-state index in [2.05, 4.69) is 0 Å². The second kappa shape index (κ2) is 7.03. The minimum absolute atomic E-state index is 0.239. The predicted octanol–water partition coefficient (Wildman–Crippen LogP) is 3.64. The third-order valence-electron chi connectivity index (χ3n) is 2.87. The fourth-order valence-corrected chi connectivity index (χ4v) is 2.75. The minimum atomic E-state index is -0.679. The molecule has 0 saturated heterocycles. The number of rotatable bonds is 5. The van der Waals surface area contributed by atoms with Crippen LogP contribution in [0.25, 0.3) is 0 Å². The Labute approximate surface area is 122 Å². The topological polar surface area (TPSA) is 46.5 Å². The summed E-state index contributed by atoms with van der Waals surface area (Å²) in [7, 11) is 0. The number of hydrogen-bond acceptors (Lipinski definition) is 4. The average Bonchev–Trinajstić information content (AvgIpc) is 2.97. The third-order valence-corrected chi connectivity index (χ3v) is 3.85. The molecule has 0 spiro atoms. The van der Waals surface area contributed by atoms with Crippen LogP contribution in [0.5, 0.6) is 0 Å². The van der Waals surface area contributed by atoms with Gasteiger partial charge in [-0.2, -0.15) is 0 Å². The fraction of sp³-hybridized carbons (Fsp3) is 0.188. The number of hydrogen-bond donors (Lipinski definition) is 1. The van der Waals surface area contributed by atoms with Crippen molar-refractivity contribution >= 4 is 17.3 Å². The SMILES string of the molecule is CC(=O)O/C=C\[C@@H](c1cccs1)[C@@H](O)c1ccccc1. The van der Waals surface area contributed by atoms with Crippen LogP contribution in [0.1, 0.15) is 29.4 Å². The lowest BCUT2D eigenvalue weighted by molar-refractivity contribution is -0.135. The van der Waals surface area contributed by atoms with Gasteiger partial charge in [0.2, 0.25) is 0 Å². The highest BCUT2D eigenvalue weighted by Gasteiger charge is 2.21. The molecule has 0 aliphatic heterocycles. The molecule has 0 saturated carbocycles. The van der Waals surface area contributed by atoms with Gasteiger partial charge in [0.25, 0.3) is 0 Å². The quantitative estimate of drug-likeness (QED) is 0.675. The van der Waals surface area contributed by atoms with E-state index in [0.717, 1.165) is 10.4 Å². The zero-order valence-corrected chi connectivity index (χ0v) is 11.9. The molecule has 20 heavy (non-hydrogen) atoms.